The summed E-state index contributed by atoms with van der Waals surface area (Å²) in [6, 6.07) is 82.9. The standard InChI is InChI=1S/C94H61N11O5/c95-52-55-2-8-58(9-3-55)87-71-34-36-73(98-71)88(59-10-4-56(53-96)5-11-59)75-38-46-83(100-75)93(84-47-39-76(101-84)89(74-37-35-72(87)99-74)60-12-6-57(54-97)7-13-60)64-20-30-69(31-21-64)109-50-1-51-110-70-32-22-65(23-33-70)94-85-48-44-81(104-85)91(62-16-26-67(107)27-17-62)79-42-40-77(102-79)90(61-14-24-66(106)25-15-61)78-41-43-80(103-78)92(82-45-49-86(94)105-82)63-18-28-68(108)29-19-63/h2-49,98,101-102,105-108H,1,50-51H2. The first-order valence-corrected chi connectivity index (χ1v) is 35.7. The fourth-order valence-electron chi connectivity index (χ4n) is 14.7. The molecule has 0 aliphatic carbocycles. The Kier molecular flexibility index (Phi) is 17.0. The third kappa shape index (κ3) is 12.7. The molecule has 0 radical (unpaired) electrons. The summed E-state index contributed by atoms with van der Waals surface area (Å²) in [5.74, 6) is 1.78. The van der Waals surface area contributed by atoms with E-state index in [0.717, 1.165) is 133 Å². The Bertz CT molecular complexity index is 6580. The van der Waals surface area contributed by atoms with E-state index in [2.05, 4.69) is 56.3 Å². The lowest BCUT2D eigenvalue weighted by atomic mass is 10.0. The number of phenolic OH excluding ortho intramolecular Hbond substituents is 3. The quantitative estimate of drug-likeness (QED) is 0.0501. The predicted molar refractivity (Wildman–Crippen MR) is 436 cm³/mol. The molecule has 0 fully saturated rings. The first-order chi connectivity index (χ1) is 54.0. The molecule has 522 valence electrons. The lowest BCUT2D eigenvalue weighted by Crippen LogP contribution is -2.05. The average Bonchev–Trinajstić information content (AvgIpc) is 1.66. The van der Waals surface area contributed by atoms with Crippen LogP contribution in [0.3, 0.4) is 0 Å². The van der Waals surface area contributed by atoms with Crippen molar-refractivity contribution in [1.29, 1.82) is 15.8 Å². The third-order valence-corrected chi connectivity index (χ3v) is 20.0. The van der Waals surface area contributed by atoms with E-state index in [9.17, 15) is 31.1 Å². The van der Waals surface area contributed by atoms with Gasteiger partial charge in [0.2, 0.25) is 0 Å². The van der Waals surface area contributed by atoms with E-state index in [0.29, 0.717) is 93.4 Å². The van der Waals surface area contributed by atoms with E-state index in [1.165, 1.54) is 0 Å². The van der Waals surface area contributed by atoms with Crippen LogP contribution in [0, 0.1) is 34.0 Å². The fourth-order valence-corrected chi connectivity index (χ4v) is 14.7. The van der Waals surface area contributed by atoms with Crippen LogP contribution in [0.2, 0.25) is 0 Å². The topological polar surface area (TPSA) is 265 Å². The smallest absolute Gasteiger partial charge is 0.119 e. The molecule has 18 rings (SSSR count). The van der Waals surface area contributed by atoms with Gasteiger partial charge in [0.25, 0.3) is 0 Å². The van der Waals surface area contributed by atoms with Gasteiger partial charge in [-0.05, 0) is 239 Å². The molecule has 16 bridgehead atoms. The minimum absolute atomic E-state index is 0.141. The zero-order valence-electron chi connectivity index (χ0n) is 58.6. The van der Waals surface area contributed by atoms with Crippen molar-refractivity contribution in [3.8, 4) is 136 Å². The molecule has 16 nitrogen and oxygen atoms in total. The Labute approximate surface area is 630 Å². The molecule has 14 aromatic rings. The van der Waals surface area contributed by atoms with Crippen molar-refractivity contribution in [2.24, 2.45) is 0 Å². The molecule has 0 saturated heterocycles. The van der Waals surface area contributed by atoms with Crippen LogP contribution in [0.15, 0.2) is 243 Å². The van der Waals surface area contributed by atoms with Crippen LogP contribution in [-0.2, 0) is 0 Å². The molecule has 0 unspecified atom stereocenters. The molecule has 0 amide bonds. The van der Waals surface area contributed by atoms with Crippen molar-refractivity contribution >= 4 is 92.7 Å². The number of benzene rings is 8. The Morgan fingerprint density at radius 3 is 0.591 bits per heavy atom. The third-order valence-electron chi connectivity index (χ3n) is 20.0. The van der Waals surface area contributed by atoms with Gasteiger partial charge in [-0.2, -0.15) is 15.8 Å². The van der Waals surface area contributed by atoms with Crippen LogP contribution in [0.4, 0.5) is 0 Å². The number of hydrogen-bond acceptors (Lipinski definition) is 12. The van der Waals surface area contributed by atoms with Gasteiger partial charge in [-0.1, -0.05) is 97.1 Å². The number of nitrogens with one attached hydrogen (secondary N) is 4. The number of ether oxygens (including phenoxy) is 2. The summed E-state index contributed by atoms with van der Waals surface area (Å²) >= 11 is 0. The van der Waals surface area contributed by atoms with Gasteiger partial charge in [-0.3, -0.25) is 0 Å². The van der Waals surface area contributed by atoms with E-state index < -0.39 is 0 Å². The normalized spacial score (nSPS) is 11.9. The largest absolute Gasteiger partial charge is 0.508 e. The van der Waals surface area contributed by atoms with Crippen LogP contribution in [0.5, 0.6) is 28.7 Å². The molecule has 7 N–H and O–H groups in total. The van der Waals surface area contributed by atoms with E-state index >= 15 is 0 Å². The highest BCUT2D eigenvalue weighted by molar-refractivity contribution is 6.03. The van der Waals surface area contributed by atoms with Crippen LogP contribution in [0.25, 0.3) is 182 Å². The molecule has 0 spiro atoms. The maximum Gasteiger partial charge on any atom is 0.119 e. The Balaban J connectivity index is 0.669. The van der Waals surface area contributed by atoms with Gasteiger partial charge in [-0.15, -0.1) is 0 Å². The van der Waals surface area contributed by atoms with Crippen molar-refractivity contribution in [3.63, 3.8) is 0 Å². The highest BCUT2D eigenvalue weighted by atomic mass is 16.5. The van der Waals surface area contributed by atoms with Crippen molar-refractivity contribution in [3.05, 3.63) is 305 Å². The van der Waals surface area contributed by atoms with Gasteiger partial charge in [0.05, 0.1) is 93.7 Å². The summed E-state index contributed by atoms with van der Waals surface area (Å²) in [6.07, 6.45) is 16.7. The number of fused-ring (bicyclic) bond motifs is 16. The number of aromatic nitrogens is 8. The lowest BCUT2D eigenvalue weighted by molar-refractivity contribution is 0.247. The van der Waals surface area contributed by atoms with E-state index in [4.69, 9.17) is 29.4 Å². The highest BCUT2D eigenvalue weighted by Gasteiger charge is 2.23. The molecule has 6 aromatic heterocycles. The number of hydrogen-bond donors (Lipinski definition) is 7. The van der Waals surface area contributed by atoms with Gasteiger partial charge >= 0.3 is 0 Å². The second kappa shape index (κ2) is 28.1. The number of H-pyrrole nitrogens is 4. The Hall–Kier alpha value is -15.6. The Morgan fingerprint density at radius 2 is 0.409 bits per heavy atom. The molecule has 10 heterocycles. The first-order valence-electron chi connectivity index (χ1n) is 35.7. The minimum Gasteiger partial charge on any atom is -0.508 e. The maximum absolute atomic E-state index is 10.5. The van der Waals surface area contributed by atoms with Crippen molar-refractivity contribution in [1.82, 2.24) is 39.9 Å². The highest BCUT2D eigenvalue weighted by Crippen LogP contribution is 2.43. The summed E-state index contributed by atoms with van der Waals surface area (Å²) in [7, 11) is 0. The zero-order valence-corrected chi connectivity index (χ0v) is 58.6. The van der Waals surface area contributed by atoms with Gasteiger partial charge < -0.3 is 44.7 Å². The molecule has 16 heteroatoms. The summed E-state index contributed by atoms with van der Waals surface area (Å²) in [6.45, 7) is 0.754. The molecule has 4 aliphatic heterocycles. The second-order valence-electron chi connectivity index (χ2n) is 26.8. The van der Waals surface area contributed by atoms with Crippen LogP contribution >= 0.6 is 0 Å². The number of nitriles is 3. The number of aromatic hydroxyl groups is 3. The van der Waals surface area contributed by atoms with E-state index in [-0.39, 0.29) is 17.2 Å². The number of nitrogens with zero attached hydrogens (tertiary/aromatic N) is 7. The first kappa shape index (κ1) is 66.4. The molecule has 0 atom stereocenters. The minimum atomic E-state index is 0.141. The molecule has 0 saturated carbocycles. The fraction of sp³-hybridized carbons (Fsp3) is 0.0319. The number of rotatable bonds is 14. The SMILES string of the molecule is N#Cc1ccc(-c2c3nc(c(-c4ccc(C#N)cc4)c4ccc([nH]4)c(-c4ccc(OCCCOc5ccc(-c6c7nc(c(-c8ccc(O)cc8)c8ccc([nH]8)c(-c8ccc(O)cc8)c8nc(c(-c9ccc(O)cc9)c9ccc6[nH]9)C=C8)C=C7)cc5)cc4)c4nc(c(-c5ccc(C#N)cc5)c5ccc2[nH]5)C=C4)C=C3)cc1. The van der Waals surface area contributed by atoms with Crippen LogP contribution in [0.1, 0.15) is 68.7 Å². The van der Waals surface area contributed by atoms with E-state index in [1.54, 1.807) is 48.5 Å². The summed E-state index contributed by atoms with van der Waals surface area (Å²) in [5.41, 5.74) is 27.0. The monoisotopic (exact) mass is 1420 g/mol. The average molecular weight is 1420 g/mol. The van der Waals surface area contributed by atoms with Crippen LogP contribution < -0.4 is 9.47 Å². The molecule has 4 aliphatic rings. The summed E-state index contributed by atoms with van der Waals surface area (Å²) in [5, 5.41) is 60.9. The van der Waals surface area contributed by atoms with Gasteiger partial charge in [0.1, 0.15) is 28.7 Å². The second-order valence-corrected chi connectivity index (χ2v) is 26.8. The lowest BCUT2D eigenvalue weighted by Gasteiger charge is -2.10. The van der Waals surface area contributed by atoms with Crippen molar-refractivity contribution in [2.45, 2.75) is 6.42 Å². The number of aromatic amines is 4. The summed E-state index contributed by atoms with van der Waals surface area (Å²) < 4.78 is 12.9. The Morgan fingerprint density at radius 1 is 0.236 bits per heavy atom. The molecular formula is C94H61N11O5. The number of phenols is 3. The molecule has 8 aromatic carbocycles. The zero-order chi connectivity index (χ0) is 74.3. The molecule has 110 heavy (non-hydrogen) atoms. The van der Waals surface area contributed by atoms with Crippen molar-refractivity contribution < 1.29 is 24.8 Å². The molecular weight excluding hydrogens is 1360 g/mol. The van der Waals surface area contributed by atoms with E-state index in [1.807, 2.05) is 225 Å². The summed E-state index contributed by atoms with van der Waals surface area (Å²) in [4.78, 5) is 36.7. The van der Waals surface area contributed by atoms with Gasteiger partial charge in [0, 0.05) is 95.1 Å². The predicted octanol–water partition coefficient (Wildman–Crippen LogP) is 21.5. The van der Waals surface area contributed by atoms with Gasteiger partial charge in [0.15, 0.2) is 0 Å². The maximum atomic E-state index is 10.5. The van der Waals surface area contributed by atoms with Gasteiger partial charge in [-0.25, -0.2) is 19.9 Å². The van der Waals surface area contributed by atoms with Crippen molar-refractivity contribution in [2.75, 3.05) is 13.2 Å². The van der Waals surface area contributed by atoms with Crippen LogP contribution in [-0.4, -0.2) is 68.4 Å².